The molecule has 0 spiro atoms. The van der Waals surface area contributed by atoms with E-state index in [1.807, 2.05) is 62.4 Å². The molecule has 1 amide bonds. The minimum Gasteiger partial charge on any atom is -0.492 e. The molecule has 2 aromatic carbocycles. The number of anilines is 3. The highest BCUT2D eigenvalue weighted by Gasteiger charge is 2.03. The van der Waals surface area contributed by atoms with Gasteiger partial charge in [-0.2, -0.15) is 0 Å². The van der Waals surface area contributed by atoms with Gasteiger partial charge in [-0.1, -0.05) is 19.1 Å². The molecule has 0 aliphatic carbocycles. The molecule has 0 saturated heterocycles. The van der Waals surface area contributed by atoms with Crippen LogP contribution in [0.1, 0.15) is 20.3 Å². The number of carbonyl (C=O) groups excluding carboxylic acids is 1. The first-order chi connectivity index (χ1) is 10.2. The summed E-state index contributed by atoms with van der Waals surface area (Å²) in [6.45, 7) is 4.42. The number of hydrogen-bond donors (Lipinski definition) is 2. The van der Waals surface area contributed by atoms with E-state index in [4.69, 9.17) is 4.74 Å². The lowest BCUT2D eigenvalue weighted by molar-refractivity contribution is -0.115. The van der Waals surface area contributed by atoms with Crippen LogP contribution >= 0.6 is 0 Å². The number of amides is 1. The Balaban J connectivity index is 2.08. The van der Waals surface area contributed by atoms with Crippen molar-refractivity contribution in [2.24, 2.45) is 0 Å². The van der Waals surface area contributed by atoms with Crippen molar-refractivity contribution in [2.75, 3.05) is 17.2 Å². The van der Waals surface area contributed by atoms with Gasteiger partial charge in [0.15, 0.2) is 0 Å². The molecule has 0 radical (unpaired) electrons. The third-order valence-corrected chi connectivity index (χ3v) is 2.96. The summed E-state index contributed by atoms with van der Waals surface area (Å²) in [5.74, 6) is 0.834. The molecule has 0 fully saturated rings. The van der Waals surface area contributed by atoms with Crippen LogP contribution in [0.4, 0.5) is 17.1 Å². The maximum atomic E-state index is 11.3. The summed E-state index contributed by atoms with van der Waals surface area (Å²) in [4.78, 5) is 11.3. The van der Waals surface area contributed by atoms with Crippen LogP contribution in [-0.4, -0.2) is 12.5 Å². The molecule has 2 N–H and O–H groups in total. The van der Waals surface area contributed by atoms with Crippen molar-refractivity contribution in [2.45, 2.75) is 20.3 Å². The number of carbonyl (C=O) groups is 1. The largest absolute Gasteiger partial charge is 0.492 e. The topological polar surface area (TPSA) is 50.4 Å². The summed E-state index contributed by atoms with van der Waals surface area (Å²) in [6.07, 6.45) is 0.474. The number of nitrogens with one attached hydrogen (secondary N) is 2. The van der Waals surface area contributed by atoms with Crippen LogP contribution in [-0.2, 0) is 4.79 Å². The van der Waals surface area contributed by atoms with Crippen LogP contribution in [0.3, 0.4) is 0 Å². The third kappa shape index (κ3) is 4.24. The highest BCUT2D eigenvalue weighted by molar-refractivity contribution is 5.90. The second kappa shape index (κ2) is 7.33. The lowest BCUT2D eigenvalue weighted by Gasteiger charge is -2.12. The standard InChI is InChI=1S/C17H20N2O2/c1-3-17(20)19-14-11-9-13(10-12-14)18-15-7-5-6-8-16(15)21-4-2/h5-12,18H,3-4H2,1-2H3,(H,19,20). The van der Waals surface area contributed by atoms with Gasteiger partial charge in [0.2, 0.25) is 5.91 Å². The molecule has 0 heterocycles. The maximum absolute atomic E-state index is 11.3. The Kier molecular flexibility index (Phi) is 5.21. The van der Waals surface area contributed by atoms with E-state index in [-0.39, 0.29) is 5.91 Å². The fraction of sp³-hybridized carbons (Fsp3) is 0.235. The van der Waals surface area contributed by atoms with Gasteiger partial charge in [0, 0.05) is 17.8 Å². The molecule has 4 heteroatoms. The monoisotopic (exact) mass is 284 g/mol. The van der Waals surface area contributed by atoms with Gasteiger partial charge in [0.25, 0.3) is 0 Å². The SMILES string of the molecule is CCOc1ccccc1Nc1ccc(NC(=O)CC)cc1. The van der Waals surface area contributed by atoms with Gasteiger partial charge in [-0.25, -0.2) is 0 Å². The van der Waals surface area contributed by atoms with Gasteiger partial charge in [0.05, 0.1) is 12.3 Å². The summed E-state index contributed by atoms with van der Waals surface area (Å²) >= 11 is 0. The van der Waals surface area contributed by atoms with Crippen molar-refractivity contribution in [1.29, 1.82) is 0 Å². The molecule has 110 valence electrons. The van der Waals surface area contributed by atoms with Crippen molar-refractivity contribution < 1.29 is 9.53 Å². The van der Waals surface area contributed by atoms with E-state index in [0.29, 0.717) is 13.0 Å². The van der Waals surface area contributed by atoms with Gasteiger partial charge < -0.3 is 15.4 Å². The Morgan fingerprint density at radius 3 is 2.33 bits per heavy atom. The molecule has 2 aromatic rings. The Labute approximate surface area is 125 Å². The molecular weight excluding hydrogens is 264 g/mol. The van der Waals surface area contributed by atoms with E-state index >= 15 is 0 Å². The van der Waals surface area contributed by atoms with E-state index < -0.39 is 0 Å². The van der Waals surface area contributed by atoms with Crippen molar-refractivity contribution in [3.63, 3.8) is 0 Å². The lowest BCUT2D eigenvalue weighted by Crippen LogP contribution is -2.09. The van der Waals surface area contributed by atoms with Gasteiger partial charge in [-0.15, -0.1) is 0 Å². The van der Waals surface area contributed by atoms with Crippen LogP contribution in [0.2, 0.25) is 0 Å². The predicted molar refractivity (Wildman–Crippen MR) is 86.3 cm³/mol. The first kappa shape index (κ1) is 14.9. The summed E-state index contributed by atoms with van der Waals surface area (Å²) in [6, 6.07) is 15.4. The zero-order valence-electron chi connectivity index (χ0n) is 12.3. The lowest BCUT2D eigenvalue weighted by atomic mass is 10.2. The zero-order valence-corrected chi connectivity index (χ0v) is 12.3. The molecule has 0 aromatic heterocycles. The smallest absolute Gasteiger partial charge is 0.224 e. The normalized spacial score (nSPS) is 10.0. The molecule has 0 unspecified atom stereocenters. The average Bonchev–Trinajstić information content (AvgIpc) is 2.51. The van der Waals surface area contributed by atoms with Crippen molar-refractivity contribution in [3.8, 4) is 5.75 Å². The van der Waals surface area contributed by atoms with Crippen LogP contribution in [0.25, 0.3) is 0 Å². The van der Waals surface area contributed by atoms with Gasteiger partial charge in [0.1, 0.15) is 5.75 Å². The minimum atomic E-state index is 0.0115. The summed E-state index contributed by atoms with van der Waals surface area (Å²) in [5, 5.41) is 6.14. The molecule has 0 bridgehead atoms. The van der Waals surface area contributed by atoms with E-state index in [0.717, 1.165) is 22.8 Å². The molecule has 2 rings (SSSR count). The fourth-order valence-electron chi connectivity index (χ4n) is 1.89. The Morgan fingerprint density at radius 2 is 1.67 bits per heavy atom. The quantitative estimate of drug-likeness (QED) is 0.836. The maximum Gasteiger partial charge on any atom is 0.224 e. The molecule has 0 aliphatic rings. The number of benzene rings is 2. The number of hydrogen-bond acceptors (Lipinski definition) is 3. The first-order valence-electron chi connectivity index (χ1n) is 7.11. The van der Waals surface area contributed by atoms with E-state index in [9.17, 15) is 4.79 Å². The summed E-state index contributed by atoms with van der Waals surface area (Å²) in [5.41, 5.74) is 2.66. The molecule has 0 saturated carbocycles. The highest BCUT2D eigenvalue weighted by atomic mass is 16.5. The van der Waals surface area contributed by atoms with Crippen molar-refractivity contribution in [1.82, 2.24) is 0 Å². The van der Waals surface area contributed by atoms with Gasteiger partial charge in [-0.3, -0.25) is 4.79 Å². The fourth-order valence-corrected chi connectivity index (χ4v) is 1.89. The third-order valence-electron chi connectivity index (χ3n) is 2.96. The van der Waals surface area contributed by atoms with Crippen molar-refractivity contribution >= 4 is 23.0 Å². The zero-order chi connectivity index (χ0) is 15.1. The molecule has 0 atom stereocenters. The van der Waals surface area contributed by atoms with Gasteiger partial charge in [-0.05, 0) is 43.3 Å². The number of para-hydroxylation sites is 2. The molecule has 4 nitrogen and oxygen atoms in total. The molecule has 21 heavy (non-hydrogen) atoms. The predicted octanol–water partition coefficient (Wildman–Crippen LogP) is 4.18. The second-order valence-electron chi connectivity index (χ2n) is 4.53. The van der Waals surface area contributed by atoms with E-state index in [2.05, 4.69) is 10.6 Å². The minimum absolute atomic E-state index is 0.0115. The van der Waals surface area contributed by atoms with Crippen LogP contribution in [0.5, 0.6) is 5.75 Å². The highest BCUT2D eigenvalue weighted by Crippen LogP contribution is 2.27. The number of ether oxygens (including phenoxy) is 1. The molecule has 0 aliphatic heterocycles. The summed E-state index contributed by atoms with van der Waals surface area (Å²) in [7, 11) is 0. The second-order valence-corrected chi connectivity index (χ2v) is 4.53. The Bertz CT molecular complexity index is 594. The Morgan fingerprint density at radius 1 is 1.00 bits per heavy atom. The average molecular weight is 284 g/mol. The van der Waals surface area contributed by atoms with Crippen LogP contribution in [0.15, 0.2) is 48.5 Å². The Hall–Kier alpha value is -2.49. The van der Waals surface area contributed by atoms with Crippen molar-refractivity contribution in [3.05, 3.63) is 48.5 Å². The molecular formula is C17H20N2O2. The number of rotatable bonds is 6. The first-order valence-corrected chi connectivity index (χ1v) is 7.11. The van der Waals surface area contributed by atoms with Crippen LogP contribution < -0.4 is 15.4 Å². The van der Waals surface area contributed by atoms with E-state index in [1.54, 1.807) is 0 Å². The summed E-state index contributed by atoms with van der Waals surface area (Å²) < 4.78 is 5.58. The van der Waals surface area contributed by atoms with E-state index in [1.165, 1.54) is 0 Å². The van der Waals surface area contributed by atoms with Gasteiger partial charge >= 0.3 is 0 Å². The van der Waals surface area contributed by atoms with Crippen LogP contribution in [0, 0.1) is 0 Å².